The number of benzene rings is 1. The summed E-state index contributed by atoms with van der Waals surface area (Å²) >= 11 is 5.57. The maximum absolute atomic E-state index is 5.77. The van der Waals surface area contributed by atoms with Crippen molar-refractivity contribution in [1.29, 1.82) is 0 Å². The molecule has 0 aliphatic rings. The van der Waals surface area contributed by atoms with Crippen LogP contribution in [0.15, 0.2) is 42.5 Å². The average molecular weight is 272 g/mol. The number of pyridine rings is 1. The molecule has 2 nitrogen and oxygen atoms in total. The van der Waals surface area contributed by atoms with Crippen LogP contribution in [0, 0.1) is 18.8 Å². The van der Waals surface area contributed by atoms with Gasteiger partial charge in [0.2, 0.25) is 0 Å². The number of rotatable bonds is 3. The maximum atomic E-state index is 5.77. The van der Waals surface area contributed by atoms with Crippen LogP contribution in [-0.4, -0.2) is 10.9 Å². The van der Waals surface area contributed by atoms with Crippen molar-refractivity contribution in [2.45, 2.75) is 13.5 Å². The predicted molar refractivity (Wildman–Crippen MR) is 77.3 cm³/mol. The van der Waals surface area contributed by atoms with E-state index >= 15 is 0 Å². The maximum Gasteiger partial charge on any atom is 0.135 e. The Bertz CT molecular complexity index is 613. The van der Waals surface area contributed by atoms with E-state index in [0.29, 0.717) is 12.5 Å². The molecule has 1 aromatic heterocycles. The first-order valence-corrected chi connectivity index (χ1v) is 6.52. The lowest BCUT2D eigenvalue weighted by Gasteiger charge is -2.08. The zero-order valence-corrected chi connectivity index (χ0v) is 11.4. The van der Waals surface area contributed by atoms with Crippen LogP contribution in [-0.2, 0) is 6.61 Å². The highest BCUT2D eigenvalue weighted by molar-refractivity contribution is 6.19. The second-order valence-electron chi connectivity index (χ2n) is 3.99. The van der Waals surface area contributed by atoms with Gasteiger partial charge in [-0.3, -0.25) is 4.98 Å². The van der Waals surface area contributed by atoms with E-state index in [-0.39, 0.29) is 0 Å². The van der Waals surface area contributed by atoms with Crippen molar-refractivity contribution in [2.24, 2.45) is 0 Å². The third-order valence-corrected chi connectivity index (χ3v) is 2.63. The largest absolute Gasteiger partial charge is 0.486 e. The van der Waals surface area contributed by atoms with E-state index in [1.54, 1.807) is 0 Å². The number of aryl methyl sites for hydroxylation is 1. The van der Waals surface area contributed by atoms with Gasteiger partial charge in [-0.25, -0.2) is 0 Å². The van der Waals surface area contributed by atoms with Crippen LogP contribution in [0.1, 0.15) is 17.0 Å². The van der Waals surface area contributed by atoms with E-state index in [1.165, 1.54) is 0 Å². The minimum atomic E-state index is 0.313. The number of hydrogen-bond acceptors (Lipinski definition) is 2. The summed E-state index contributed by atoms with van der Waals surface area (Å²) in [5.74, 6) is 6.88. The third-order valence-electron chi connectivity index (χ3n) is 2.50. The number of aromatic nitrogens is 1. The lowest BCUT2D eigenvalue weighted by Crippen LogP contribution is -2.00. The molecule has 0 saturated carbocycles. The second-order valence-corrected chi connectivity index (χ2v) is 4.26. The minimum absolute atomic E-state index is 0.313. The summed E-state index contributed by atoms with van der Waals surface area (Å²) in [7, 11) is 0. The first-order valence-electron chi connectivity index (χ1n) is 5.99. The Morgan fingerprint density at radius 1 is 1.16 bits per heavy atom. The molecular formula is C16H14ClNO. The van der Waals surface area contributed by atoms with Crippen LogP contribution in [0.2, 0.25) is 0 Å². The average Bonchev–Trinajstić information content (AvgIpc) is 2.44. The number of para-hydroxylation sites is 1. The molecule has 1 heterocycles. The first-order chi connectivity index (χ1) is 9.29. The molecule has 19 heavy (non-hydrogen) atoms. The van der Waals surface area contributed by atoms with E-state index in [1.807, 2.05) is 49.4 Å². The van der Waals surface area contributed by atoms with Crippen molar-refractivity contribution in [2.75, 3.05) is 5.88 Å². The van der Waals surface area contributed by atoms with Crippen molar-refractivity contribution in [3.8, 4) is 17.6 Å². The Labute approximate surface area is 118 Å². The van der Waals surface area contributed by atoms with Crippen molar-refractivity contribution in [3.63, 3.8) is 0 Å². The lowest BCUT2D eigenvalue weighted by atomic mass is 10.2. The molecular weight excluding hydrogens is 258 g/mol. The quantitative estimate of drug-likeness (QED) is 0.629. The number of hydrogen-bond donors (Lipinski definition) is 0. The Hall–Kier alpha value is -1.98. The third kappa shape index (κ3) is 4.01. The molecule has 0 aliphatic heterocycles. The molecule has 0 unspecified atom stereocenters. The summed E-state index contributed by atoms with van der Waals surface area (Å²) in [6.07, 6.45) is 0. The fourth-order valence-electron chi connectivity index (χ4n) is 1.66. The molecule has 3 heteroatoms. The molecule has 0 spiro atoms. The van der Waals surface area contributed by atoms with E-state index in [0.717, 1.165) is 22.7 Å². The normalized spacial score (nSPS) is 9.58. The van der Waals surface area contributed by atoms with Gasteiger partial charge in [0.05, 0.1) is 17.1 Å². The highest BCUT2D eigenvalue weighted by Gasteiger charge is 2.01. The minimum Gasteiger partial charge on any atom is -0.486 e. The number of ether oxygens (including phenoxy) is 1. The summed E-state index contributed by atoms with van der Waals surface area (Å²) < 4.78 is 5.77. The van der Waals surface area contributed by atoms with Gasteiger partial charge >= 0.3 is 0 Å². The Morgan fingerprint density at radius 2 is 2.00 bits per heavy atom. The van der Waals surface area contributed by atoms with Gasteiger partial charge in [0.25, 0.3) is 0 Å². The number of nitrogens with zero attached hydrogens (tertiary/aromatic N) is 1. The van der Waals surface area contributed by atoms with Gasteiger partial charge in [0.1, 0.15) is 12.4 Å². The molecule has 2 rings (SSSR count). The zero-order valence-electron chi connectivity index (χ0n) is 10.7. The Kier molecular flexibility index (Phi) is 4.83. The van der Waals surface area contributed by atoms with Gasteiger partial charge in [0.15, 0.2) is 0 Å². The van der Waals surface area contributed by atoms with Crippen molar-refractivity contribution >= 4 is 11.6 Å². The molecule has 2 aromatic rings. The molecule has 0 radical (unpaired) electrons. The van der Waals surface area contributed by atoms with Crippen LogP contribution in [0.3, 0.4) is 0 Å². The summed E-state index contributed by atoms with van der Waals surface area (Å²) in [5.41, 5.74) is 2.73. The van der Waals surface area contributed by atoms with Gasteiger partial charge < -0.3 is 4.74 Å². The van der Waals surface area contributed by atoms with Gasteiger partial charge in [0, 0.05) is 5.69 Å². The SMILES string of the molecule is Cc1cccc(COc2ccccc2C#CCCl)n1. The van der Waals surface area contributed by atoms with Gasteiger partial charge in [-0.2, -0.15) is 0 Å². The van der Waals surface area contributed by atoms with Crippen molar-refractivity contribution < 1.29 is 4.74 Å². The van der Waals surface area contributed by atoms with Crippen molar-refractivity contribution in [3.05, 3.63) is 59.4 Å². The molecule has 0 saturated heterocycles. The van der Waals surface area contributed by atoms with Crippen LogP contribution < -0.4 is 4.74 Å². The van der Waals surface area contributed by atoms with Crippen LogP contribution >= 0.6 is 11.6 Å². The van der Waals surface area contributed by atoms with Crippen LogP contribution in [0.5, 0.6) is 5.75 Å². The van der Waals surface area contributed by atoms with Crippen LogP contribution in [0.4, 0.5) is 0 Å². The lowest BCUT2D eigenvalue weighted by molar-refractivity contribution is 0.300. The highest BCUT2D eigenvalue weighted by atomic mass is 35.5. The predicted octanol–water partition coefficient (Wildman–Crippen LogP) is 3.56. The summed E-state index contributed by atoms with van der Waals surface area (Å²) in [5, 5.41) is 0. The van der Waals surface area contributed by atoms with Gasteiger partial charge in [-0.1, -0.05) is 30.0 Å². The highest BCUT2D eigenvalue weighted by Crippen LogP contribution is 2.18. The molecule has 0 aliphatic carbocycles. The second kappa shape index (κ2) is 6.82. The molecule has 96 valence electrons. The molecule has 0 atom stereocenters. The molecule has 0 fully saturated rings. The molecule has 1 aromatic carbocycles. The van der Waals surface area contributed by atoms with Gasteiger partial charge in [-0.15, -0.1) is 11.6 Å². The summed E-state index contributed by atoms with van der Waals surface area (Å²) in [6.45, 7) is 2.39. The molecule has 0 bridgehead atoms. The van der Waals surface area contributed by atoms with Gasteiger partial charge in [-0.05, 0) is 31.2 Å². The zero-order chi connectivity index (χ0) is 13.5. The summed E-state index contributed by atoms with van der Waals surface area (Å²) in [6, 6.07) is 13.5. The molecule has 0 amide bonds. The van der Waals surface area contributed by atoms with E-state index in [4.69, 9.17) is 16.3 Å². The molecule has 0 N–H and O–H groups in total. The summed E-state index contributed by atoms with van der Waals surface area (Å²) in [4.78, 5) is 4.40. The van der Waals surface area contributed by atoms with Crippen molar-refractivity contribution in [1.82, 2.24) is 4.98 Å². The van der Waals surface area contributed by atoms with E-state index in [2.05, 4.69) is 16.8 Å². The number of halogens is 1. The fourth-order valence-corrected chi connectivity index (χ4v) is 1.72. The van der Waals surface area contributed by atoms with E-state index in [9.17, 15) is 0 Å². The number of alkyl halides is 1. The Balaban J connectivity index is 2.11. The monoisotopic (exact) mass is 271 g/mol. The smallest absolute Gasteiger partial charge is 0.135 e. The fraction of sp³-hybridized carbons (Fsp3) is 0.188. The van der Waals surface area contributed by atoms with Crippen LogP contribution in [0.25, 0.3) is 0 Å². The topological polar surface area (TPSA) is 22.1 Å². The standard InChI is InChI=1S/C16H14ClNO/c1-13-6-4-9-15(18-13)12-19-16-10-3-2-7-14(16)8-5-11-17/h2-4,6-7,9-10H,11-12H2,1H3. The van der Waals surface area contributed by atoms with E-state index < -0.39 is 0 Å². The first kappa shape index (κ1) is 13.5. The Morgan fingerprint density at radius 3 is 2.79 bits per heavy atom.